The number of aromatic nitrogens is 2. The largest absolute Gasteiger partial charge is 0.369 e. The van der Waals surface area contributed by atoms with Crippen LogP contribution < -0.4 is 11.5 Å². The summed E-state index contributed by atoms with van der Waals surface area (Å²) in [6.07, 6.45) is 5.24. The maximum atomic E-state index is 10.4. The van der Waals surface area contributed by atoms with Crippen LogP contribution in [0.3, 0.4) is 0 Å². The van der Waals surface area contributed by atoms with E-state index in [1.54, 1.807) is 18.3 Å². The Morgan fingerprint density at radius 3 is 2.93 bits per heavy atom. The van der Waals surface area contributed by atoms with Crippen LogP contribution in [0.1, 0.15) is 17.7 Å². The first-order valence-corrected chi connectivity index (χ1v) is 4.13. The van der Waals surface area contributed by atoms with E-state index < -0.39 is 0 Å². The molecule has 1 amide bonds. The number of amides is 1. The Hall–Kier alpha value is -1.91. The van der Waals surface area contributed by atoms with E-state index >= 15 is 0 Å². The molecule has 0 aliphatic carbocycles. The van der Waals surface area contributed by atoms with Gasteiger partial charge in [-0.2, -0.15) is 0 Å². The third-order valence-electron chi connectivity index (χ3n) is 1.65. The van der Waals surface area contributed by atoms with Crippen LogP contribution in [0, 0.1) is 6.92 Å². The maximum Gasteiger partial charge on any atom is 0.221 e. The predicted molar refractivity (Wildman–Crippen MR) is 54.0 cm³/mol. The first kappa shape index (κ1) is 10.2. The lowest BCUT2D eigenvalue weighted by molar-refractivity contribution is -0.117. The molecule has 0 spiro atoms. The predicted octanol–water partition coefficient (Wildman–Crippen LogP) is 0.256. The minimum atomic E-state index is -0.365. The number of nitrogens with zero attached hydrogens (tertiary/aromatic N) is 2. The second-order valence-corrected chi connectivity index (χ2v) is 2.84. The fraction of sp³-hybridized carbons (Fsp3) is 0.222. The van der Waals surface area contributed by atoms with E-state index in [1.165, 1.54) is 0 Å². The van der Waals surface area contributed by atoms with E-state index in [2.05, 4.69) is 9.97 Å². The lowest BCUT2D eigenvalue weighted by Crippen LogP contribution is -2.08. The fourth-order valence-electron chi connectivity index (χ4n) is 0.960. The van der Waals surface area contributed by atoms with Crippen molar-refractivity contribution in [1.29, 1.82) is 0 Å². The first-order valence-electron chi connectivity index (χ1n) is 4.13. The molecule has 1 aromatic rings. The molecule has 0 atom stereocenters. The Bertz CT molecular complexity index is 373. The van der Waals surface area contributed by atoms with Gasteiger partial charge in [0.2, 0.25) is 11.9 Å². The molecule has 0 aliphatic rings. The number of carbonyl (C=O) groups excluding carboxylic acids is 1. The van der Waals surface area contributed by atoms with Gasteiger partial charge in [-0.05, 0) is 6.92 Å². The third-order valence-corrected chi connectivity index (χ3v) is 1.65. The topological polar surface area (TPSA) is 94.9 Å². The molecule has 0 unspecified atom stereocenters. The van der Waals surface area contributed by atoms with Crippen LogP contribution in [0.25, 0.3) is 6.08 Å². The quantitative estimate of drug-likeness (QED) is 0.717. The standard InChI is InChI=1S/C9H12N4O/c1-6-7(3-2-4-8(10)14)5-12-9(11)13-6/h2-3,5H,4H2,1H3,(H2,10,14)(H2,11,12,13). The second-order valence-electron chi connectivity index (χ2n) is 2.84. The zero-order valence-electron chi connectivity index (χ0n) is 7.90. The second kappa shape index (κ2) is 4.36. The van der Waals surface area contributed by atoms with Gasteiger partial charge in [-0.3, -0.25) is 4.79 Å². The summed E-state index contributed by atoms with van der Waals surface area (Å²) in [4.78, 5) is 18.3. The van der Waals surface area contributed by atoms with Crippen molar-refractivity contribution in [2.45, 2.75) is 13.3 Å². The Morgan fingerprint density at radius 1 is 1.64 bits per heavy atom. The van der Waals surface area contributed by atoms with Gasteiger partial charge in [0.05, 0.1) is 5.69 Å². The smallest absolute Gasteiger partial charge is 0.221 e. The number of aryl methyl sites for hydroxylation is 1. The Kier molecular flexibility index (Phi) is 3.17. The van der Waals surface area contributed by atoms with E-state index in [1.807, 2.05) is 6.92 Å². The molecule has 0 radical (unpaired) electrons. The monoisotopic (exact) mass is 192 g/mol. The molecule has 14 heavy (non-hydrogen) atoms. The summed E-state index contributed by atoms with van der Waals surface area (Å²) < 4.78 is 0. The van der Waals surface area contributed by atoms with E-state index in [0.29, 0.717) is 0 Å². The number of nitrogen functional groups attached to an aromatic ring is 1. The highest BCUT2D eigenvalue weighted by Crippen LogP contribution is 2.07. The molecule has 0 bridgehead atoms. The van der Waals surface area contributed by atoms with Crippen LogP contribution in [0.2, 0.25) is 0 Å². The summed E-state index contributed by atoms with van der Waals surface area (Å²) in [6, 6.07) is 0. The lowest BCUT2D eigenvalue weighted by atomic mass is 10.2. The highest BCUT2D eigenvalue weighted by atomic mass is 16.1. The molecule has 0 aliphatic heterocycles. The summed E-state index contributed by atoms with van der Waals surface area (Å²) in [5.41, 5.74) is 12.0. The number of anilines is 1. The molecule has 1 aromatic heterocycles. The van der Waals surface area contributed by atoms with Crippen LogP contribution in [-0.2, 0) is 4.79 Å². The molecule has 0 saturated carbocycles. The summed E-state index contributed by atoms with van der Waals surface area (Å²) in [6.45, 7) is 1.82. The maximum absolute atomic E-state index is 10.4. The van der Waals surface area contributed by atoms with Gasteiger partial charge in [-0.15, -0.1) is 0 Å². The molecule has 4 N–H and O–H groups in total. The third kappa shape index (κ3) is 2.85. The van der Waals surface area contributed by atoms with E-state index in [0.717, 1.165) is 11.3 Å². The van der Waals surface area contributed by atoms with Crippen molar-refractivity contribution in [2.75, 3.05) is 5.73 Å². The van der Waals surface area contributed by atoms with Crippen molar-refractivity contribution in [1.82, 2.24) is 9.97 Å². The molecule has 1 heterocycles. The van der Waals surface area contributed by atoms with Crippen LogP contribution in [0.5, 0.6) is 0 Å². The van der Waals surface area contributed by atoms with Gasteiger partial charge in [0, 0.05) is 18.2 Å². The van der Waals surface area contributed by atoms with Crippen LogP contribution in [0.4, 0.5) is 5.95 Å². The average Bonchev–Trinajstić information content (AvgIpc) is 2.08. The lowest BCUT2D eigenvalue weighted by Gasteiger charge is -1.98. The zero-order chi connectivity index (χ0) is 10.6. The van der Waals surface area contributed by atoms with Crippen LogP contribution >= 0.6 is 0 Å². The highest BCUT2D eigenvalue weighted by Gasteiger charge is 1.97. The van der Waals surface area contributed by atoms with Crippen molar-refractivity contribution in [3.8, 4) is 0 Å². The summed E-state index contributed by atoms with van der Waals surface area (Å²) >= 11 is 0. The minimum absolute atomic E-state index is 0.212. The molecule has 74 valence electrons. The molecule has 1 rings (SSSR count). The van der Waals surface area contributed by atoms with Crippen molar-refractivity contribution in [3.05, 3.63) is 23.5 Å². The van der Waals surface area contributed by atoms with E-state index in [9.17, 15) is 4.79 Å². The van der Waals surface area contributed by atoms with Crippen molar-refractivity contribution < 1.29 is 4.79 Å². The number of rotatable bonds is 3. The highest BCUT2D eigenvalue weighted by molar-refractivity contribution is 5.76. The Morgan fingerprint density at radius 2 is 2.36 bits per heavy atom. The fourth-order valence-corrected chi connectivity index (χ4v) is 0.960. The molecule has 5 heteroatoms. The number of nitrogens with two attached hydrogens (primary N) is 2. The minimum Gasteiger partial charge on any atom is -0.369 e. The number of carbonyl (C=O) groups is 1. The zero-order valence-corrected chi connectivity index (χ0v) is 7.90. The van der Waals surface area contributed by atoms with E-state index in [4.69, 9.17) is 11.5 Å². The average molecular weight is 192 g/mol. The number of hydrogen-bond donors (Lipinski definition) is 2. The van der Waals surface area contributed by atoms with Gasteiger partial charge in [-0.25, -0.2) is 9.97 Å². The summed E-state index contributed by atoms with van der Waals surface area (Å²) in [5.74, 6) is -0.121. The van der Waals surface area contributed by atoms with Crippen molar-refractivity contribution in [3.63, 3.8) is 0 Å². The van der Waals surface area contributed by atoms with Gasteiger partial charge in [0.15, 0.2) is 0 Å². The van der Waals surface area contributed by atoms with Crippen LogP contribution in [-0.4, -0.2) is 15.9 Å². The van der Waals surface area contributed by atoms with Crippen molar-refractivity contribution in [2.24, 2.45) is 5.73 Å². The van der Waals surface area contributed by atoms with Crippen molar-refractivity contribution >= 4 is 17.9 Å². The van der Waals surface area contributed by atoms with Gasteiger partial charge < -0.3 is 11.5 Å². The molecule has 5 nitrogen and oxygen atoms in total. The summed E-state index contributed by atoms with van der Waals surface area (Å²) in [5, 5.41) is 0. The van der Waals surface area contributed by atoms with Gasteiger partial charge >= 0.3 is 0 Å². The van der Waals surface area contributed by atoms with Crippen LogP contribution in [0.15, 0.2) is 12.3 Å². The Labute approximate surface area is 81.8 Å². The first-order chi connectivity index (χ1) is 6.59. The molecule has 0 saturated heterocycles. The molecule has 0 aromatic carbocycles. The number of primary amides is 1. The van der Waals surface area contributed by atoms with Gasteiger partial charge in [0.1, 0.15) is 0 Å². The Balaban J connectivity index is 2.76. The SMILES string of the molecule is Cc1nc(N)ncc1C=CCC(N)=O. The number of hydrogen-bond acceptors (Lipinski definition) is 4. The molecular weight excluding hydrogens is 180 g/mol. The summed E-state index contributed by atoms with van der Waals surface area (Å²) in [7, 11) is 0. The van der Waals surface area contributed by atoms with Gasteiger partial charge in [0.25, 0.3) is 0 Å². The molecular formula is C9H12N4O. The van der Waals surface area contributed by atoms with E-state index in [-0.39, 0.29) is 18.3 Å². The normalized spacial score (nSPS) is 10.6. The van der Waals surface area contributed by atoms with Gasteiger partial charge in [-0.1, -0.05) is 12.2 Å². The molecule has 0 fully saturated rings.